The second kappa shape index (κ2) is 6.89. The highest BCUT2D eigenvalue weighted by Gasteiger charge is 2.13. The molecule has 3 heteroatoms. The fraction of sp³-hybridized carbons (Fsp3) is 1.00. The Morgan fingerprint density at radius 3 is 2.45 bits per heavy atom. The van der Waals surface area contributed by atoms with Crippen molar-refractivity contribution < 1.29 is 0 Å². The highest BCUT2D eigenvalue weighted by molar-refractivity contribution is 5.85. The number of hydrogen-bond donors (Lipinski definition) is 2. The van der Waals surface area contributed by atoms with Crippen molar-refractivity contribution in [3.05, 3.63) is 0 Å². The van der Waals surface area contributed by atoms with Gasteiger partial charge in [0.15, 0.2) is 0 Å². The van der Waals surface area contributed by atoms with Crippen molar-refractivity contribution in [2.45, 2.75) is 25.7 Å². The largest absolute Gasteiger partial charge is 0.329 e. The van der Waals surface area contributed by atoms with Crippen molar-refractivity contribution in [3.8, 4) is 0 Å². The lowest BCUT2D eigenvalue weighted by molar-refractivity contribution is 0.494. The van der Waals surface area contributed by atoms with Crippen LogP contribution < -0.4 is 11.1 Å². The molecule has 1 fully saturated rings. The topological polar surface area (TPSA) is 38.0 Å². The van der Waals surface area contributed by atoms with Crippen LogP contribution in [-0.4, -0.2) is 19.6 Å². The van der Waals surface area contributed by atoms with Gasteiger partial charge in [-0.15, -0.1) is 12.4 Å². The highest BCUT2D eigenvalue weighted by Crippen LogP contribution is 2.23. The molecule has 2 nitrogen and oxygen atoms in total. The molecule has 0 unspecified atom stereocenters. The van der Waals surface area contributed by atoms with Crippen molar-refractivity contribution in [3.63, 3.8) is 0 Å². The van der Waals surface area contributed by atoms with Gasteiger partial charge in [0, 0.05) is 13.1 Å². The molecule has 0 aromatic rings. The zero-order chi connectivity index (χ0) is 7.23. The molecule has 68 valence electrons. The molecule has 0 saturated heterocycles. The first-order valence-electron chi connectivity index (χ1n) is 4.34. The molecular formula is C8H19ClN2. The summed E-state index contributed by atoms with van der Waals surface area (Å²) in [5.74, 6) is 0.951. The minimum atomic E-state index is 0. The molecule has 0 amide bonds. The van der Waals surface area contributed by atoms with Gasteiger partial charge in [0.25, 0.3) is 0 Å². The lowest BCUT2D eigenvalue weighted by Crippen LogP contribution is -2.26. The van der Waals surface area contributed by atoms with Crippen molar-refractivity contribution in [2.75, 3.05) is 19.6 Å². The van der Waals surface area contributed by atoms with Gasteiger partial charge in [-0.3, -0.25) is 0 Å². The molecule has 1 aliphatic rings. The molecule has 1 rings (SSSR count). The van der Waals surface area contributed by atoms with E-state index < -0.39 is 0 Å². The molecule has 0 atom stereocenters. The maximum Gasteiger partial charge on any atom is 0.00746 e. The summed E-state index contributed by atoms with van der Waals surface area (Å²) in [6, 6.07) is 0. The third-order valence-electron chi connectivity index (χ3n) is 2.23. The number of hydrogen-bond acceptors (Lipinski definition) is 2. The molecule has 0 bridgehead atoms. The predicted molar refractivity (Wildman–Crippen MR) is 51.1 cm³/mol. The number of nitrogens with two attached hydrogens (primary N) is 1. The normalized spacial score (nSPS) is 18.3. The van der Waals surface area contributed by atoms with Crippen LogP contribution in [0.5, 0.6) is 0 Å². The van der Waals surface area contributed by atoms with Crippen molar-refractivity contribution in [1.29, 1.82) is 0 Å². The van der Waals surface area contributed by atoms with Crippen LogP contribution in [0.1, 0.15) is 25.7 Å². The molecule has 0 aromatic carbocycles. The van der Waals surface area contributed by atoms with E-state index in [1.807, 2.05) is 0 Å². The highest BCUT2D eigenvalue weighted by atomic mass is 35.5. The maximum atomic E-state index is 5.35. The smallest absolute Gasteiger partial charge is 0.00746 e. The summed E-state index contributed by atoms with van der Waals surface area (Å²) in [6.07, 6.45) is 5.74. The summed E-state index contributed by atoms with van der Waals surface area (Å²) in [6.45, 7) is 2.94. The lowest BCUT2D eigenvalue weighted by Gasteiger charge is -2.08. The Morgan fingerprint density at radius 2 is 1.91 bits per heavy atom. The van der Waals surface area contributed by atoms with Crippen LogP contribution in [0.25, 0.3) is 0 Å². The molecule has 0 heterocycles. The lowest BCUT2D eigenvalue weighted by atomic mass is 10.1. The molecule has 3 N–H and O–H groups in total. The molecular weight excluding hydrogens is 160 g/mol. The van der Waals surface area contributed by atoms with Gasteiger partial charge in [0.05, 0.1) is 0 Å². The summed E-state index contributed by atoms with van der Waals surface area (Å²) in [5.41, 5.74) is 5.35. The predicted octanol–water partition coefficient (Wildman–Crippen LogP) is 1.15. The Bertz CT molecular complexity index is 82.2. The third-order valence-corrected chi connectivity index (χ3v) is 2.23. The fourth-order valence-corrected chi connectivity index (χ4v) is 1.62. The summed E-state index contributed by atoms with van der Waals surface area (Å²) in [4.78, 5) is 0. The van der Waals surface area contributed by atoms with Crippen LogP contribution in [0.2, 0.25) is 0 Å². The summed E-state index contributed by atoms with van der Waals surface area (Å²) in [7, 11) is 0. The monoisotopic (exact) mass is 178 g/mol. The van der Waals surface area contributed by atoms with Gasteiger partial charge in [-0.2, -0.15) is 0 Å². The second-order valence-electron chi connectivity index (χ2n) is 3.14. The minimum Gasteiger partial charge on any atom is -0.329 e. The van der Waals surface area contributed by atoms with E-state index in [9.17, 15) is 0 Å². The zero-order valence-corrected chi connectivity index (χ0v) is 7.83. The van der Waals surface area contributed by atoms with Crippen LogP contribution in [0.15, 0.2) is 0 Å². The van der Waals surface area contributed by atoms with E-state index in [1.165, 1.54) is 32.2 Å². The molecule has 1 aliphatic carbocycles. The molecule has 11 heavy (non-hydrogen) atoms. The van der Waals surface area contributed by atoms with E-state index in [0.717, 1.165) is 19.0 Å². The van der Waals surface area contributed by atoms with Gasteiger partial charge in [-0.1, -0.05) is 12.8 Å². The summed E-state index contributed by atoms with van der Waals surface area (Å²) in [5, 5.41) is 3.35. The van der Waals surface area contributed by atoms with Crippen LogP contribution in [0, 0.1) is 5.92 Å². The molecule has 1 saturated carbocycles. The first-order chi connectivity index (χ1) is 4.93. The minimum absolute atomic E-state index is 0. The number of nitrogens with one attached hydrogen (secondary N) is 1. The first kappa shape index (κ1) is 11.2. The van der Waals surface area contributed by atoms with Gasteiger partial charge < -0.3 is 11.1 Å². The Hall–Kier alpha value is 0.210. The van der Waals surface area contributed by atoms with Gasteiger partial charge >= 0.3 is 0 Å². The van der Waals surface area contributed by atoms with Crippen molar-refractivity contribution in [2.24, 2.45) is 11.7 Å². The van der Waals surface area contributed by atoms with Crippen LogP contribution in [0.3, 0.4) is 0 Å². The average molecular weight is 179 g/mol. The van der Waals surface area contributed by atoms with E-state index in [4.69, 9.17) is 5.73 Å². The van der Waals surface area contributed by atoms with E-state index >= 15 is 0 Å². The SMILES string of the molecule is Cl.NCCNCC1CCCC1. The van der Waals surface area contributed by atoms with Crippen LogP contribution >= 0.6 is 12.4 Å². The second-order valence-corrected chi connectivity index (χ2v) is 3.14. The first-order valence-corrected chi connectivity index (χ1v) is 4.34. The van der Waals surface area contributed by atoms with Gasteiger partial charge in [0.1, 0.15) is 0 Å². The standard InChI is InChI=1S/C8H18N2.ClH/c9-5-6-10-7-8-3-1-2-4-8;/h8,10H,1-7,9H2;1H. The quantitative estimate of drug-likeness (QED) is 0.634. The molecule has 0 aromatic heterocycles. The Labute approximate surface area is 75.3 Å². The molecule has 0 spiro atoms. The van der Waals surface area contributed by atoms with E-state index in [1.54, 1.807) is 0 Å². The van der Waals surface area contributed by atoms with Gasteiger partial charge in [0.2, 0.25) is 0 Å². The summed E-state index contributed by atoms with van der Waals surface area (Å²) < 4.78 is 0. The summed E-state index contributed by atoms with van der Waals surface area (Å²) >= 11 is 0. The fourth-order valence-electron chi connectivity index (χ4n) is 1.62. The Balaban J connectivity index is 0.000001000. The average Bonchev–Trinajstić information content (AvgIpc) is 2.41. The maximum absolute atomic E-state index is 5.35. The number of halogens is 1. The Kier molecular flexibility index (Phi) is 7.02. The van der Waals surface area contributed by atoms with Crippen molar-refractivity contribution >= 4 is 12.4 Å². The number of rotatable bonds is 4. The van der Waals surface area contributed by atoms with E-state index in [-0.39, 0.29) is 12.4 Å². The van der Waals surface area contributed by atoms with Crippen LogP contribution in [0.4, 0.5) is 0 Å². The third kappa shape index (κ3) is 4.62. The Morgan fingerprint density at radius 1 is 1.27 bits per heavy atom. The molecule has 0 radical (unpaired) electrons. The van der Waals surface area contributed by atoms with Gasteiger partial charge in [-0.05, 0) is 25.3 Å². The van der Waals surface area contributed by atoms with Crippen LogP contribution in [-0.2, 0) is 0 Å². The van der Waals surface area contributed by atoms with Gasteiger partial charge in [-0.25, -0.2) is 0 Å². The molecule has 0 aliphatic heterocycles. The van der Waals surface area contributed by atoms with Crippen molar-refractivity contribution in [1.82, 2.24) is 5.32 Å². The van der Waals surface area contributed by atoms with E-state index in [2.05, 4.69) is 5.32 Å². The zero-order valence-electron chi connectivity index (χ0n) is 7.01. The van der Waals surface area contributed by atoms with E-state index in [0.29, 0.717) is 0 Å².